The molecule has 0 atom stereocenters. The lowest BCUT2D eigenvalue weighted by molar-refractivity contribution is 0.299. The van der Waals surface area contributed by atoms with Crippen molar-refractivity contribution >= 4 is 11.2 Å². The molecule has 0 aliphatic rings. The van der Waals surface area contributed by atoms with Crippen LogP contribution in [-0.4, -0.2) is 25.3 Å². The highest BCUT2D eigenvalue weighted by Gasteiger charge is 2.15. The Balaban J connectivity index is 1.77. The van der Waals surface area contributed by atoms with Gasteiger partial charge in [-0.1, -0.05) is 32.9 Å². The van der Waals surface area contributed by atoms with Gasteiger partial charge >= 0.3 is 5.69 Å². The Morgan fingerprint density at radius 2 is 1.69 bits per heavy atom. The van der Waals surface area contributed by atoms with Crippen LogP contribution in [0.3, 0.4) is 0 Å². The molecule has 0 aliphatic carbocycles. The maximum atomic E-state index is 12.4. The van der Waals surface area contributed by atoms with E-state index >= 15 is 0 Å². The van der Waals surface area contributed by atoms with Crippen LogP contribution in [0, 0.1) is 0 Å². The highest BCUT2D eigenvalue weighted by atomic mass is 16.5. The van der Waals surface area contributed by atoms with Crippen LogP contribution in [0.2, 0.25) is 0 Å². The van der Waals surface area contributed by atoms with Crippen molar-refractivity contribution in [2.24, 2.45) is 14.1 Å². The van der Waals surface area contributed by atoms with E-state index in [1.807, 2.05) is 12.1 Å². The molecule has 0 radical (unpaired) electrons. The van der Waals surface area contributed by atoms with Gasteiger partial charge in [0.1, 0.15) is 12.4 Å². The molecule has 0 saturated heterocycles. The number of aryl methyl sites for hydroxylation is 1. The molecule has 0 unspecified atom stereocenters. The molecule has 0 amide bonds. The fourth-order valence-corrected chi connectivity index (χ4v) is 2.88. The number of aromatic nitrogens is 4. The van der Waals surface area contributed by atoms with Crippen LogP contribution in [0.4, 0.5) is 0 Å². The quantitative estimate of drug-likeness (QED) is 0.715. The SMILES string of the molecule is Cn1c(=O)c2c(ncn2CCOc2ccc(C(C)(C)C)cc2)n(C)c1=O. The number of fused-ring (bicyclic) bond motifs is 1. The van der Waals surface area contributed by atoms with Crippen LogP contribution in [0.1, 0.15) is 26.3 Å². The topological polar surface area (TPSA) is 71.0 Å². The number of imidazole rings is 1. The van der Waals surface area contributed by atoms with E-state index in [4.69, 9.17) is 4.74 Å². The van der Waals surface area contributed by atoms with Gasteiger partial charge in [-0.3, -0.25) is 13.9 Å². The molecule has 1 aromatic carbocycles. The summed E-state index contributed by atoms with van der Waals surface area (Å²) in [4.78, 5) is 28.6. The second kappa shape index (κ2) is 6.48. The summed E-state index contributed by atoms with van der Waals surface area (Å²) >= 11 is 0. The maximum absolute atomic E-state index is 12.4. The Morgan fingerprint density at radius 1 is 1.04 bits per heavy atom. The minimum atomic E-state index is -0.386. The third-order valence-electron chi connectivity index (χ3n) is 4.54. The highest BCUT2D eigenvalue weighted by Crippen LogP contribution is 2.24. The van der Waals surface area contributed by atoms with Crippen LogP contribution < -0.4 is 16.0 Å². The Labute approximate surface area is 151 Å². The van der Waals surface area contributed by atoms with Crippen molar-refractivity contribution in [2.45, 2.75) is 32.7 Å². The van der Waals surface area contributed by atoms with E-state index in [1.165, 1.54) is 17.2 Å². The summed E-state index contributed by atoms with van der Waals surface area (Å²) in [5.41, 5.74) is 1.39. The second-order valence-corrected chi connectivity index (χ2v) is 7.44. The average Bonchev–Trinajstić information content (AvgIpc) is 3.02. The third-order valence-corrected chi connectivity index (χ3v) is 4.54. The largest absolute Gasteiger partial charge is 0.492 e. The van der Waals surface area contributed by atoms with Gasteiger partial charge in [-0.15, -0.1) is 0 Å². The Bertz CT molecular complexity index is 1050. The van der Waals surface area contributed by atoms with Crippen LogP contribution in [0.15, 0.2) is 40.2 Å². The first-order valence-electron chi connectivity index (χ1n) is 8.54. The zero-order valence-electron chi connectivity index (χ0n) is 15.8. The minimum absolute atomic E-state index is 0.101. The van der Waals surface area contributed by atoms with Gasteiger partial charge in [0, 0.05) is 14.1 Å². The number of hydrogen-bond acceptors (Lipinski definition) is 4. The molecule has 0 bridgehead atoms. The summed E-state index contributed by atoms with van der Waals surface area (Å²) in [5.74, 6) is 0.780. The first-order valence-corrected chi connectivity index (χ1v) is 8.54. The molecule has 0 spiro atoms. The van der Waals surface area contributed by atoms with Gasteiger partial charge in [-0.2, -0.15) is 0 Å². The molecule has 138 valence electrons. The molecule has 0 aliphatic heterocycles. The lowest BCUT2D eigenvalue weighted by Gasteiger charge is -2.19. The Kier molecular flexibility index (Phi) is 4.48. The van der Waals surface area contributed by atoms with Crippen molar-refractivity contribution in [3.63, 3.8) is 0 Å². The van der Waals surface area contributed by atoms with Crippen molar-refractivity contribution in [1.82, 2.24) is 18.7 Å². The van der Waals surface area contributed by atoms with Crippen LogP contribution in [0.5, 0.6) is 5.75 Å². The summed E-state index contributed by atoms with van der Waals surface area (Å²) in [6, 6.07) is 8.03. The molecule has 7 heteroatoms. The van der Waals surface area contributed by atoms with E-state index in [1.54, 1.807) is 17.9 Å². The molecular formula is C19H24N4O3. The van der Waals surface area contributed by atoms with Crippen molar-refractivity contribution in [3.05, 3.63) is 57.0 Å². The number of nitrogens with zero attached hydrogens (tertiary/aromatic N) is 4. The van der Waals surface area contributed by atoms with Crippen LogP contribution >= 0.6 is 0 Å². The zero-order valence-corrected chi connectivity index (χ0v) is 15.8. The van der Waals surface area contributed by atoms with E-state index in [2.05, 4.69) is 37.9 Å². The molecule has 3 aromatic rings. The van der Waals surface area contributed by atoms with Crippen molar-refractivity contribution in [2.75, 3.05) is 6.61 Å². The van der Waals surface area contributed by atoms with Gasteiger partial charge in [-0.05, 0) is 23.1 Å². The van der Waals surface area contributed by atoms with Crippen LogP contribution in [0.25, 0.3) is 11.2 Å². The van der Waals surface area contributed by atoms with Gasteiger partial charge in [0.2, 0.25) is 0 Å². The third kappa shape index (κ3) is 3.16. The van der Waals surface area contributed by atoms with E-state index < -0.39 is 0 Å². The van der Waals surface area contributed by atoms with E-state index in [-0.39, 0.29) is 16.7 Å². The molecule has 0 N–H and O–H groups in total. The lowest BCUT2D eigenvalue weighted by atomic mass is 9.87. The predicted octanol–water partition coefficient (Wildman–Crippen LogP) is 1.81. The fourth-order valence-electron chi connectivity index (χ4n) is 2.88. The highest BCUT2D eigenvalue weighted by molar-refractivity contribution is 5.69. The normalized spacial score (nSPS) is 11.9. The number of benzene rings is 1. The second-order valence-electron chi connectivity index (χ2n) is 7.44. The van der Waals surface area contributed by atoms with E-state index in [0.29, 0.717) is 24.3 Å². The summed E-state index contributed by atoms with van der Waals surface area (Å²) in [7, 11) is 3.07. The number of rotatable bonds is 4. The summed E-state index contributed by atoms with van der Waals surface area (Å²) in [6.07, 6.45) is 1.57. The molecule has 2 aromatic heterocycles. The Hall–Kier alpha value is -2.83. The minimum Gasteiger partial charge on any atom is -0.492 e. The zero-order chi connectivity index (χ0) is 19.1. The molecule has 0 fully saturated rings. The monoisotopic (exact) mass is 356 g/mol. The van der Waals surface area contributed by atoms with Gasteiger partial charge in [0.05, 0.1) is 12.9 Å². The van der Waals surface area contributed by atoms with Gasteiger partial charge in [0.25, 0.3) is 5.56 Å². The summed E-state index contributed by atoms with van der Waals surface area (Å²) in [5, 5.41) is 0. The molecular weight excluding hydrogens is 332 g/mol. The first kappa shape index (κ1) is 18.0. The first-order chi connectivity index (χ1) is 12.2. The fraction of sp³-hybridized carbons (Fsp3) is 0.421. The molecule has 0 saturated carbocycles. The van der Waals surface area contributed by atoms with Gasteiger partial charge < -0.3 is 9.30 Å². The summed E-state index contributed by atoms with van der Waals surface area (Å²) < 4.78 is 9.98. The molecule has 7 nitrogen and oxygen atoms in total. The lowest BCUT2D eigenvalue weighted by Crippen LogP contribution is -2.37. The van der Waals surface area contributed by atoms with Crippen molar-refractivity contribution in [3.8, 4) is 5.75 Å². The van der Waals surface area contributed by atoms with E-state index in [9.17, 15) is 9.59 Å². The molecule has 26 heavy (non-hydrogen) atoms. The van der Waals surface area contributed by atoms with E-state index in [0.717, 1.165) is 10.3 Å². The predicted molar refractivity (Wildman–Crippen MR) is 101 cm³/mol. The van der Waals surface area contributed by atoms with Crippen molar-refractivity contribution in [1.29, 1.82) is 0 Å². The summed E-state index contributed by atoms with van der Waals surface area (Å²) in [6.45, 7) is 7.36. The molecule has 2 heterocycles. The van der Waals surface area contributed by atoms with Crippen molar-refractivity contribution < 1.29 is 4.74 Å². The number of hydrogen-bond donors (Lipinski definition) is 0. The number of ether oxygens (including phenoxy) is 1. The maximum Gasteiger partial charge on any atom is 0.332 e. The van der Waals surface area contributed by atoms with Crippen LogP contribution in [-0.2, 0) is 26.1 Å². The van der Waals surface area contributed by atoms with Gasteiger partial charge in [-0.25, -0.2) is 9.78 Å². The van der Waals surface area contributed by atoms with Gasteiger partial charge in [0.15, 0.2) is 11.2 Å². The standard InChI is InChI=1S/C19H24N4O3/c1-19(2,3)13-6-8-14(9-7-13)26-11-10-23-12-20-16-15(23)17(24)22(5)18(25)21(16)4/h6-9,12H,10-11H2,1-5H3. The smallest absolute Gasteiger partial charge is 0.332 e. The Morgan fingerprint density at radius 3 is 2.31 bits per heavy atom. The molecule has 3 rings (SSSR count). The average molecular weight is 356 g/mol.